The van der Waals surface area contributed by atoms with Crippen molar-refractivity contribution in [1.82, 2.24) is 14.5 Å². The van der Waals surface area contributed by atoms with Crippen LogP contribution in [0.1, 0.15) is 37.0 Å². The largest absolute Gasteiger partial charge is 0.333 e. The summed E-state index contributed by atoms with van der Waals surface area (Å²) >= 11 is 0. The van der Waals surface area contributed by atoms with Gasteiger partial charge in [-0.1, -0.05) is 6.92 Å². The van der Waals surface area contributed by atoms with Gasteiger partial charge in [0, 0.05) is 44.3 Å². The van der Waals surface area contributed by atoms with E-state index in [0.717, 1.165) is 25.9 Å². The maximum Gasteiger partial charge on any atom is 0.254 e. The van der Waals surface area contributed by atoms with Crippen molar-refractivity contribution in [2.45, 2.75) is 37.6 Å². The summed E-state index contributed by atoms with van der Waals surface area (Å²) in [6, 6.07) is 6.54. The van der Waals surface area contributed by atoms with Crippen molar-refractivity contribution in [3.63, 3.8) is 0 Å². The summed E-state index contributed by atoms with van der Waals surface area (Å²) in [6.45, 7) is 7.48. The van der Waals surface area contributed by atoms with Gasteiger partial charge in [-0.25, -0.2) is 8.42 Å². The molecular formula is C18H28ClN3O3S. The van der Waals surface area contributed by atoms with E-state index in [9.17, 15) is 13.2 Å². The van der Waals surface area contributed by atoms with Gasteiger partial charge in [0.15, 0.2) is 0 Å². The Morgan fingerprint density at radius 2 is 1.85 bits per heavy atom. The van der Waals surface area contributed by atoms with Crippen LogP contribution in [0.25, 0.3) is 0 Å². The Labute approximate surface area is 162 Å². The minimum absolute atomic E-state index is 0. The highest BCUT2D eigenvalue weighted by Crippen LogP contribution is 2.24. The van der Waals surface area contributed by atoms with Gasteiger partial charge in [0.2, 0.25) is 10.0 Å². The molecule has 2 fully saturated rings. The first-order chi connectivity index (χ1) is 11.9. The molecule has 0 saturated carbocycles. The number of hydrogen-bond acceptors (Lipinski definition) is 4. The highest BCUT2D eigenvalue weighted by atomic mass is 35.5. The molecule has 26 heavy (non-hydrogen) atoms. The molecule has 1 unspecified atom stereocenters. The van der Waals surface area contributed by atoms with E-state index >= 15 is 0 Å². The molecule has 1 aromatic carbocycles. The Hall–Kier alpha value is -1.15. The predicted octanol–water partition coefficient (Wildman–Crippen LogP) is 1.96. The summed E-state index contributed by atoms with van der Waals surface area (Å²) in [5, 5.41) is 3.26. The number of hydrogen-bond donors (Lipinski definition) is 1. The van der Waals surface area contributed by atoms with Crippen molar-refractivity contribution in [3.8, 4) is 0 Å². The van der Waals surface area contributed by atoms with Crippen molar-refractivity contribution in [2.24, 2.45) is 5.92 Å². The van der Waals surface area contributed by atoms with Gasteiger partial charge in [-0.15, -0.1) is 12.4 Å². The van der Waals surface area contributed by atoms with Crippen LogP contribution in [0, 0.1) is 5.92 Å². The summed E-state index contributed by atoms with van der Waals surface area (Å²) < 4.78 is 27.1. The average molecular weight is 402 g/mol. The van der Waals surface area contributed by atoms with Gasteiger partial charge in [-0.3, -0.25) is 4.79 Å². The molecule has 0 spiro atoms. The third-order valence-electron chi connectivity index (χ3n) is 5.12. The molecule has 3 rings (SSSR count). The third kappa shape index (κ3) is 4.39. The van der Waals surface area contributed by atoms with Gasteiger partial charge in [-0.05, 0) is 49.9 Å². The number of carbonyl (C=O) groups excluding carboxylic acids is 1. The molecule has 2 aliphatic heterocycles. The van der Waals surface area contributed by atoms with E-state index in [1.165, 1.54) is 0 Å². The number of nitrogens with zero attached hydrogens (tertiary/aromatic N) is 2. The third-order valence-corrected chi connectivity index (χ3v) is 7.00. The molecule has 0 aliphatic carbocycles. The molecule has 2 saturated heterocycles. The lowest BCUT2D eigenvalue weighted by Crippen LogP contribution is -2.52. The number of rotatable bonds is 3. The fourth-order valence-electron chi connectivity index (χ4n) is 3.59. The van der Waals surface area contributed by atoms with Crippen LogP contribution in [0.5, 0.6) is 0 Å². The summed E-state index contributed by atoms with van der Waals surface area (Å²) in [7, 11) is -3.47. The first-order valence-electron chi connectivity index (χ1n) is 9.01. The zero-order valence-electron chi connectivity index (χ0n) is 15.3. The molecule has 6 nitrogen and oxygen atoms in total. The molecule has 0 radical (unpaired) electrons. The molecule has 2 atom stereocenters. The fourth-order valence-corrected chi connectivity index (χ4v) is 5.19. The normalized spacial score (nSPS) is 24.8. The Kier molecular flexibility index (Phi) is 7.07. The van der Waals surface area contributed by atoms with Crippen LogP contribution < -0.4 is 5.32 Å². The van der Waals surface area contributed by atoms with Gasteiger partial charge in [0.05, 0.1) is 4.90 Å². The van der Waals surface area contributed by atoms with Crippen molar-refractivity contribution in [3.05, 3.63) is 29.8 Å². The maximum atomic E-state index is 12.8. The van der Waals surface area contributed by atoms with Gasteiger partial charge in [-0.2, -0.15) is 4.31 Å². The molecule has 0 aromatic heterocycles. The smallest absolute Gasteiger partial charge is 0.254 e. The lowest BCUT2D eigenvalue weighted by Gasteiger charge is -2.34. The van der Waals surface area contributed by atoms with Crippen molar-refractivity contribution >= 4 is 28.3 Å². The Morgan fingerprint density at radius 3 is 2.46 bits per heavy atom. The van der Waals surface area contributed by atoms with Gasteiger partial charge < -0.3 is 10.2 Å². The molecule has 146 valence electrons. The molecule has 2 heterocycles. The number of carbonyl (C=O) groups is 1. The second kappa shape index (κ2) is 8.69. The summed E-state index contributed by atoms with van der Waals surface area (Å²) in [5.74, 6) is 0.350. The van der Waals surface area contributed by atoms with Crippen LogP contribution in [0.15, 0.2) is 29.2 Å². The van der Waals surface area contributed by atoms with Crippen LogP contribution >= 0.6 is 12.4 Å². The standard InChI is InChI=1S/C18H27N3O3S.ClH/c1-14-4-3-10-20(13-14)25(23,24)17-7-5-16(6-8-17)18(22)21-11-9-19-12-15(21)2;/h5-8,14-15,19H,3-4,9-13H2,1-2H3;1H/t14?,15-;/m0./s1. The van der Waals surface area contributed by atoms with E-state index < -0.39 is 10.0 Å². The second-order valence-electron chi connectivity index (χ2n) is 7.19. The number of nitrogens with one attached hydrogen (secondary N) is 1. The molecule has 1 aromatic rings. The molecule has 1 amide bonds. The van der Waals surface area contributed by atoms with E-state index in [-0.39, 0.29) is 29.3 Å². The van der Waals surface area contributed by atoms with Crippen LogP contribution in [0.2, 0.25) is 0 Å². The van der Waals surface area contributed by atoms with Gasteiger partial charge in [0.25, 0.3) is 5.91 Å². The van der Waals surface area contributed by atoms with Crippen LogP contribution in [0.4, 0.5) is 0 Å². The van der Waals surface area contributed by atoms with E-state index in [1.807, 2.05) is 11.8 Å². The summed E-state index contributed by atoms with van der Waals surface area (Å²) in [6.07, 6.45) is 1.97. The van der Waals surface area contributed by atoms with Gasteiger partial charge >= 0.3 is 0 Å². The van der Waals surface area contributed by atoms with Crippen LogP contribution in [0.3, 0.4) is 0 Å². The minimum atomic E-state index is -3.47. The van der Waals surface area contributed by atoms with Gasteiger partial charge in [0.1, 0.15) is 0 Å². The number of piperazine rings is 1. The topological polar surface area (TPSA) is 69.7 Å². The highest BCUT2D eigenvalue weighted by Gasteiger charge is 2.29. The Balaban J connectivity index is 0.00000243. The van der Waals surface area contributed by atoms with Crippen LogP contribution in [-0.2, 0) is 10.0 Å². The SMILES string of the molecule is CC1CCCN(S(=O)(=O)c2ccc(C(=O)N3CCNC[C@@H]3C)cc2)C1.Cl. The monoisotopic (exact) mass is 401 g/mol. The lowest BCUT2D eigenvalue weighted by atomic mass is 10.0. The summed E-state index contributed by atoms with van der Waals surface area (Å²) in [4.78, 5) is 14.8. The fraction of sp³-hybridized carbons (Fsp3) is 0.611. The molecule has 1 N–H and O–H groups in total. The minimum Gasteiger partial charge on any atom is -0.333 e. The number of piperidine rings is 1. The van der Waals surface area contributed by atoms with E-state index in [4.69, 9.17) is 0 Å². The quantitative estimate of drug-likeness (QED) is 0.840. The second-order valence-corrected chi connectivity index (χ2v) is 9.12. The number of benzene rings is 1. The Morgan fingerprint density at radius 1 is 1.15 bits per heavy atom. The van der Waals surface area contributed by atoms with Crippen molar-refractivity contribution in [2.75, 3.05) is 32.7 Å². The highest BCUT2D eigenvalue weighted by molar-refractivity contribution is 7.89. The first kappa shape index (κ1) is 21.2. The predicted molar refractivity (Wildman–Crippen MR) is 104 cm³/mol. The van der Waals surface area contributed by atoms with E-state index in [1.54, 1.807) is 28.6 Å². The van der Waals surface area contributed by atoms with E-state index in [2.05, 4.69) is 12.2 Å². The average Bonchev–Trinajstić information content (AvgIpc) is 2.62. The lowest BCUT2D eigenvalue weighted by molar-refractivity contribution is 0.0655. The molecule has 2 aliphatic rings. The van der Waals surface area contributed by atoms with E-state index in [0.29, 0.717) is 31.1 Å². The molecule has 8 heteroatoms. The van der Waals surface area contributed by atoms with Crippen molar-refractivity contribution < 1.29 is 13.2 Å². The molecular weight excluding hydrogens is 374 g/mol. The molecule has 0 bridgehead atoms. The number of sulfonamides is 1. The van der Waals surface area contributed by atoms with Crippen molar-refractivity contribution in [1.29, 1.82) is 0 Å². The summed E-state index contributed by atoms with van der Waals surface area (Å²) in [5.41, 5.74) is 0.541. The zero-order valence-corrected chi connectivity index (χ0v) is 17.0. The number of halogens is 1. The number of amides is 1. The Bertz CT molecular complexity index is 724. The van der Waals surface area contributed by atoms with Crippen LogP contribution in [-0.4, -0.2) is 62.3 Å². The maximum absolute atomic E-state index is 12.8. The zero-order chi connectivity index (χ0) is 18.0. The first-order valence-corrected chi connectivity index (χ1v) is 10.5.